The maximum atomic E-state index is 11.0. The third-order valence-corrected chi connectivity index (χ3v) is 4.51. The second-order valence-electron chi connectivity index (χ2n) is 3.67. The van der Waals surface area contributed by atoms with Gasteiger partial charge in [0.2, 0.25) is 5.91 Å². The van der Waals surface area contributed by atoms with Gasteiger partial charge in [-0.25, -0.2) is 4.98 Å². The average molecular weight is 281 g/mol. The van der Waals surface area contributed by atoms with E-state index in [1.807, 2.05) is 19.1 Å². The van der Waals surface area contributed by atoms with Crippen LogP contribution in [0.4, 0.5) is 5.13 Å². The number of carbonyl (C=O) groups excluding carboxylic acids is 1. The van der Waals surface area contributed by atoms with Gasteiger partial charge in [0, 0.05) is 16.7 Å². The fourth-order valence-electron chi connectivity index (χ4n) is 1.48. The van der Waals surface area contributed by atoms with E-state index in [0.717, 1.165) is 20.3 Å². The van der Waals surface area contributed by atoms with Crippen LogP contribution in [0.1, 0.15) is 17.5 Å². The van der Waals surface area contributed by atoms with Crippen LogP contribution < -0.4 is 5.32 Å². The minimum atomic E-state index is -0.132. The summed E-state index contributed by atoms with van der Waals surface area (Å²) in [5.74, 6) is -0.132. The van der Waals surface area contributed by atoms with E-state index in [1.54, 1.807) is 0 Å². The van der Waals surface area contributed by atoms with E-state index in [4.69, 9.17) is 0 Å². The molecule has 2 heterocycles. The molecule has 0 atom stereocenters. The van der Waals surface area contributed by atoms with Gasteiger partial charge in [-0.1, -0.05) is 16.5 Å². The third-order valence-electron chi connectivity index (χ3n) is 2.19. The normalized spacial score (nSPS) is 10.3. The molecule has 5 nitrogen and oxygen atoms in total. The SMILES string of the molecule is CC(=O)Nc1nc(C)c(-c2ccc(CN=O)s2)s1. The predicted molar refractivity (Wildman–Crippen MR) is 74.0 cm³/mol. The number of hydrogen-bond donors (Lipinski definition) is 1. The van der Waals surface area contributed by atoms with Gasteiger partial charge in [-0.15, -0.1) is 11.3 Å². The molecule has 0 bridgehead atoms. The fraction of sp³-hybridized carbons (Fsp3) is 0.273. The third kappa shape index (κ3) is 2.80. The van der Waals surface area contributed by atoms with Gasteiger partial charge in [-0.3, -0.25) is 4.79 Å². The van der Waals surface area contributed by atoms with E-state index >= 15 is 0 Å². The van der Waals surface area contributed by atoms with Crippen molar-refractivity contribution in [3.63, 3.8) is 0 Å². The highest BCUT2D eigenvalue weighted by Gasteiger charge is 2.12. The highest BCUT2D eigenvalue weighted by atomic mass is 32.1. The number of hydrogen-bond acceptors (Lipinski definition) is 6. The summed E-state index contributed by atoms with van der Waals surface area (Å²) in [6.07, 6.45) is 0. The number of aryl methyl sites for hydroxylation is 1. The van der Waals surface area contributed by atoms with Crippen molar-refractivity contribution >= 4 is 33.7 Å². The zero-order chi connectivity index (χ0) is 13.1. The van der Waals surface area contributed by atoms with Crippen LogP contribution in [0.3, 0.4) is 0 Å². The van der Waals surface area contributed by atoms with Crippen molar-refractivity contribution in [2.24, 2.45) is 5.18 Å². The Morgan fingerprint density at radius 1 is 1.44 bits per heavy atom. The highest BCUT2D eigenvalue weighted by Crippen LogP contribution is 2.37. The molecule has 0 aliphatic heterocycles. The number of thiophene rings is 1. The molecule has 0 radical (unpaired) electrons. The molecule has 2 aromatic heterocycles. The monoisotopic (exact) mass is 281 g/mol. The Kier molecular flexibility index (Phi) is 3.83. The van der Waals surface area contributed by atoms with E-state index in [-0.39, 0.29) is 12.5 Å². The van der Waals surface area contributed by atoms with Gasteiger partial charge in [0.25, 0.3) is 0 Å². The van der Waals surface area contributed by atoms with Crippen LogP contribution in [0.2, 0.25) is 0 Å². The first-order chi connectivity index (χ1) is 8.60. The van der Waals surface area contributed by atoms with Crippen molar-refractivity contribution in [1.29, 1.82) is 0 Å². The summed E-state index contributed by atoms with van der Waals surface area (Å²) < 4.78 is 0. The van der Waals surface area contributed by atoms with Crippen molar-refractivity contribution in [3.8, 4) is 9.75 Å². The standard InChI is InChI=1S/C11H11N3O2S2/c1-6-10(18-11(13-6)14-7(2)15)9-4-3-8(17-9)5-12-16/h3-4H,5H2,1-2H3,(H,13,14,15). The van der Waals surface area contributed by atoms with E-state index in [0.29, 0.717) is 5.13 Å². The summed E-state index contributed by atoms with van der Waals surface area (Å²) in [6, 6.07) is 3.84. The van der Waals surface area contributed by atoms with Crippen LogP contribution in [0.5, 0.6) is 0 Å². The van der Waals surface area contributed by atoms with E-state index in [2.05, 4.69) is 15.5 Å². The summed E-state index contributed by atoms with van der Waals surface area (Å²) in [7, 11) is 0. The minimum Gasteiger partial charge on any atom is -0.302 e. The van der Waals surface area contributed by atoms with Gasteiger partial charge in [-0.05, 0) is 19.1 Å². The number of aromatic nitrogens is 1. The van der Waals surface area contributed by atoms with Crippen molar-refractivity contribution in [3.05, 3.63) is 27.6 Å². The van der Waals surface area contributed by atoms with Crippen LogP contribution in [-0.2, 0) is 11.3 Å². The second kappa shape index (κ2) is 5.36. The summed E-state index contributed by atoms with van der Waals surface area (Å²) >= 11 is 2.95. The lowest BCUT2D eigenvalue weighted by atomic mass is 10.3. The lowest BCUT2D eigenvalue weighted by molar-refractivity contribution is -0.114. The maximum absolute atomic E-state index is 11.0. The van der Waals surface area contributed by atoms with Crippen molar-refractivity contribution < 1.29 is 4.79 Å². The molecule has 1 amide bonds. The first-order valence-corrected chi connectivity index (χ1v) is 6.86. The molecular weight excluding hydrogens is 270 g/mol. The highest BCUT2D eigenvalue weighted by molar-refractivity contribution is 7.24. The predicted octanol–water partition coefficient (Wildman–Crippen LogP) is 3.40. The number of anilines is 1. The summed E-state index contributed by atoms with van der Waals surface area (Å²) in [6.45, 7) is 3.55. The molecule has 0 aromatic carbocycles. The number of nitrogens with one attached hydrogen (secondary N) is 1. The zero-order valence-electron chi connectivity index (χ0n) is 9.89. The van der Waals surface area contributed by atoms with Crippen LogP contribution in [0.15, 0.2) is 17.3 Å². The number of carbonyl (C=O) groups is 1. The summed E-state index contributed by atoms with van der Waals surface area (Å²) in [5, 5.41) is 6.14. The van der Waals surface area contributed by atoms with Gasteiger partial charge in [0.1, 0.15) is 6.54 Å². The average Bonchev–Trinajstić information content (AvgIpc) is 2.85. The Morgan fingerprint density at radius 3 is 2.89 bits per heavy atom. The molecule has 18 heavy (non-hydrogen) atoms. The first-order valence-electron chi connectivity index (χ1n) is 5.23. The Hall–Kier alpha value is -1.60. The molecule has 94 valence electrons. The van der Waals surface area contributed by atoms with Gasteiger partial charge >= 0.3 is 0 Å². The second-order valence-corrected chi connectivity index (χ2v) is 5.84. The van der Waals surface area contributed by atoms with Gasteiger partial charge in [0.15, 0.2) is 5.13 Å². The molecule has 0 aliphatic carbocycles. The van der Waals surface area contributed by atoms with Gasteiger partial charge < -0.3 is 5.32 Å². The molecule has 0 unspecified atom stereocenters. The van der Waals surface area contributed by atoms with E-state index in [9.17, 15) is 9.70 Å². The quantitative estimate of drug-likeness (QED) is 0.873. The maximum Gasteiger partial charge on any atom is 0.223 e. The smallest absolute Gasteiger partial charge is 0.223 e. The van der Waals surface area contributed by atoms with E-state index in [1.165, 1.54) is 29.6 Å². The number of nitroso groups, excluding NO2 is 1. The molecule has 0 saturated heterocycles. The fourth-order valence-corrected chi connectivity index (χ4v) is 3.57. The van der Waals surface area contributed by atoms with Crippen molar-refractivity contribution in [2.75, 3.05) is 5.32 Å². The zero-order valence-corrected chi connectivity index (χ0v) is 11.5. The topological polar surface area (TPSA) is 71.4 Å². The van der Waals surface area contributed by atoms with Gasteiger partial charge in [-0.2, -0.15) is 4.91 Å². The Balaban J connectivity index is 2.28. The Labute approximate surface area is 112 Å². The van der Waals surface area contributed by atoms with Crippen LogP contribution in [0, 0.1) is 11.8 Å². The van der Waals surface area contributed by atoms with Crippen molar-refractivity contribution in [2.45, 2.75) is 20.4 Å². The number of thiazole rings is 1. The van der Waals surface area contributed by atoms with Crippen LogP contribution >= 0.6 is 22.7 Å². The number of nitrogens with zero attached hydrogens (tertiary/aromatic N) is 2. The lowest BCUT2D eigenvalue weighted by Gasteiger charge is -1.92. The molecule has 2 aromatic rings. The molecule has 7 heteroatoms. The van der Waals surface area contributed by atoms with Crippen molar-refractivity contribution in [1.82, 2.24) is 4.98 Å². The first kappa shape index (κ1) is 12.8. The summed E-state index contributed by atoms with van der Waals surface area (Å²) in [5.41, 5.74) is 0.871. The summed E-state index contributed by atoms with van der Waals surface area (Å²) in [4.78, 5) is 28.5. The molecule has 1 N–H and O–H groups in total. The minimum absolute atomic E-state index is 0.132. The van der Waals surface area contributed by atoms with E-state index < -0.39 is 0 Å². The molecule has 0 aliphatic rings. The molecule has 0 saturated carbocycles. The Bertz CT molecular complexity index is 589. The Morgan fingerprint density at radius 2 is 2.22 bits per heavy atom. The number of rotatable bonds is 4. The number of amides is 1. The molecular formula is C11H11N3O2S2. The van der Waals surface area contributed by atoms with Gasteiger partial charge in [0.05, 0.1) is 10.6 Å². The molecule has 0 spiro atoms. The molecule has 2 rings (SSSR count). The lowest BCUT2D eigenvalue weighted by Crippen LogP contribution is -2.04. The largest absolute Gasteiger partial charge is 0.302 e. The van der Waals surface area contributed by atoms with Crippen LogP contribution in [-0.4, -0.2) is 10.9 Å². The molecule has 0 fully saturated rings. The van der Waals surface area contributed by atoms with Crippen LogP contribution in [0.25, 0.3) is 9.75 Å².